The molecular formula is C56H74N8O19. The number of β-amino-alcohol motifs (C(OH)–C–C–N with tert-alkyl or cyclic N) is 1. The van der Waals surface area contributed by atoms with E-state index in [1.165, 1.54) is 25.1 Å². The van der Waals surface area contributed by atoms with Gasteiger partial charge in [0.25, 0.3) is 0 Å². The fraction of sp³-hybridized carbons (Fsp3) is 0.518. The van der Waals surface area contributed by atoms with Gasteiger partial charge < -0.3 is 91.7 Å². The van der Waals surface area contributed by atoms with Crippen LogP contribution in [0.1, 0.15) is 70.6 Å². The van der Waals surface area contributed by atoms with Gasteiger partial charge in [-0.05, 0) is 56.5 Å². The number of fused-ring (bicyclic) bond motifs is 2. The Bertz CT molecular complexity index is 2790. The number of carbonyl (C=O) groups is 9. The van der Waals surface area contributed by atoms with Gasteiger partial charge in [0.15, 0.2) is 18.1 Å². The standard InChI is InChI=1S/C56H74N8O19/c1-29-24-64-47(48(29)72)52(76)58-23-34(66)20-36(59-55(79)82-27-32-14-10-7-11-15-32)49(73)60-44(30(2)65)53(77)63-25-35(67)21-37(63)50(74)61-45(51(75)62-46(54(64)78)39(69)22-42(57)70)38(68)18-33-16-17-40(80-26-31-12-8-6-9-13-31)41(19-33)81-28-43(71)83-56(3,4)5/h6-17,19,29-30,34-39,44-48,65-69,72H,18,20-28H2,1-5H3,(H2,57,70)(H,58,76)(H,59,79)(H,60,73)(H,61,74)(H,62,75)/t29-,30+,34+,35+,36-,37-,38+,39+,44-,45-,46-,47-,48-/m0/s1. The second kappa shape index (κ2) is 28.8. The molecule has 3 aromatic carbocycles. The van der Waals surface area contributed by atoms with Crippen molar-refractivity contribution in [2.75, 3.05) is 26.2 Å². The van der Waals surface area contributed by atoms with Crippen molar-refractivity contribution in [3.63, 3.8) is 0 Å². The molecule has 0 bridgehead atoms. The van der Waals surface area contributed by atoms with Crippen LogP contribution in [0.3, 0.4) is 0 Å². The molecule has 0 aromatic heterocycles. The highest BCUT2D eigenvalue weighted by molar-refractivity contribution is 5.98. The van der Waals surface area contributed by atoms with Crippen LogP contribution in [0, 0.1) is 5.92 Å². The van der Waals surface area contributed by atoms with Crippen molar-refractivity contribution in [1.82, 2.24) is 36.4 Å². The highest BCUT2D eigenvalue weighted by atomic mass is 16.6. The van der Waals surface area contributed by atoms with E-state index in [2.05, 4.69) is 26.6 Å². The molecule has 0 spiro atoms. The molecule has 0 unspecified atom stereocenters. The molecular weight excluding hydrogens is 1090 g/mol. The van der Waals surface area contributed by atoms with Gasteiger partial charge in [0.2, 0.25) is 41.4 Å². The predicted molar refractivity (Wildman–Crippen MR) is 290 cm³/mol. The van der Waals surface area contributed by atoms with Gasteiger partial charge in [-0.1, -0.05) is 73.7 Å². The van der Waals surface area contributed by atoms with Crippen LogP contribution in [-0.2, 0) is 67.5 Å². The minimum Gasteiger partial charge on any atom is -0.485 e. The molecule has 0 aliphatic carbocycles. The predicted octanol–water partition coefficient (Wildman–Crippen LogP) is -2.69. The van der Waals surface area contributed by atoms with E-state index in [1.54, 1.807) is 63.2 Å². The summed E-state index contributed by atoms with van der Waals surface area (Å²) in [5.74, 6) is -9.92. The number of nitrogens with two attached hydrogens (primary N) is 1. The lowest BCUT2D eigenvalue weighted by Gasteiger charge is -2.33. The van der Waals surface area contributed by atoms with Gasteiger partial charge in [0.1, 0.15) is 55.1 Å². The molecule has 3 saturated heterocycles. The summed E-state index contributed by atoms with van der Waals surface area (Å²) in [5.41, 5.74) is 6.09. The molecule has 0 radical (unpaired) electrons. The number of esters is 1. The Kier molecular flexibility index (Phi) is 22.3. The number of rotatable bonds is 16. The highest BCUT2D eigenvalue weighted by Gasteiger charge is 2.50. The third-order valence-electron chi connectivity index (χ3n) is 13.8. The number of hydrogen-bond donors (Lipinski definition) is 12. The molecule has 8 amide bonds. The first-order valence-corrected chi connectivity index (χ1v) is 27.0. The summed E-state index contributed by atoms with van der Waals surface area (Å²) in [5, 5.41) is 80.1. The van der Waals surface area contributed by atoms with Crippen molar-refractivity contribution in [1.29, 1.82) is 0 Å². The molecule has 3 aromatic rings. The Morgan fingerprint density at radius 1 is 0.699 bits per heavy atom. The third-order valence-corrected chi connectivity index (χ3v) is 13.8. The van der Waals surface area contributed by atoms with E-state index in [4.69, 9.17) is 24.7 Å². The Morgan fingerprint density at radius 3 is 1.94 bits per heavy atom. The fourth-order valence-corrected chi connectivity index (χ4v) is 9.66. The fourth-order valence-electron chi connectivity index (χ4n) is 9.66. The molecule has 452 valence electrons. The number of hydrogen-bond acceptors (Lipinski definition) is 19. The second-order valence-corrected chi connectivity index (χ2v) is 21.8. The minimum atomic E-state index is -2.20. The Hall–Kier alpha value is -7.95. The number of carbonyl (C=O) groups excluding carboxylic acids is 9. The number of nitrogens with one attached hydrogen (secondary N) is 5. The largest absolute Gasteiger partial charge is 0.485 e. The lowest BCUT2D eigenvalue weighted by atomic mass is 9.98. The molecule has 13 N–H and O–H groups in total. The van der Waals surface area contributed by atoms with Gasteiger partial charge in [-0.2, -0.15) is 0 Å². The number of aliphatic hydroxyl groups excluding tert-OH is 6. The number of alkyl carbamates (subject to hydrolysis) is 1. The van der Waals surface area contributed by atoms with Crippen molar-refractivity contribution >= 4 is 53.4 Å². The number of aliphatic hydroxyl groups is 6. The molecule has 27 heteroatoms. The first kappa shape index (κ1) is 64.2. The molecule has 3 fully saturated rings. The summed E-state index contributed by atoms with van der Waals surface area (Å²) in [6.45, 7) is 5.08. The van der Waals surface area contributed by atoms with Crippen LogP contribution in [0.25, 0.3) is 0 Å². The molecule has 27 nitrogen and oxygen atoms in total. The van der Waals surface area contributed by atoms with E-state index in [0.29, 0.717) is 5.56 Å². The zero-order chi connectivity index (χ0) is 60.9. The van der Waals surface area contributed by atoms with Crippen LogP contribution in [0.15, 0.2) is 78.9 Å². The maximum absolute atomic E-state index is 14.8. The summed E-state index contributed by atoms with van der Waals surface area (Å²) in [7, 11) is 0. The molecule has 6 rings (SSSR count). The Labute approximate surface area is 478 Å². The SMILES string of the molecule is C[C@@H](O)[C@@H]1NC(=O)[C@@H](NC(=O)OCc2ccccc2)C[C@@H](O)CNC(=O)[C@@H]2[C@@H](O)[C@@H](C)CN2C(=O)[C@H]([C@H](O)CC(N)=O)NC(=O)[C@H]([C@H](O)Cc2ccc(OCc3ccccc3)c(OCC(=O)OC(C)(C)C)c2)NC(=O)[C@@H]2C[C@@H](O)CN2C1=O. The maximum atomic E-state index is 14.8. The van der Waals surface area contributed by atoms with Crippen LogP contribution >= 0.6 is 0 Å². The van der Waals surface area contributed by atoms with E-state index < -0.39 is 190 Å². The number of amides is 8. The van der Waals surface area contributed by atoms with Crippen molar-refractivity contribution in [2.24, 2.45) is 11.7 Å². The van der Waals surface area contributed by atoms with Gasteiger partial charge in [-0.15, -0.1) is 0 Å². The molecule has 3 heterocycles. The summed E-state index contributed by atoms with van der Waals surface area (Å²) in [6, 6.07) is 10.1. The monoisotopic (exact) mass is 1160 g/mol. The summed E-state index contributed by atoms with van der Waals surface area (Å²) >= 11 is 0. The van der Waals surface area contributed by atoms with E-state index in [9.17, 15) is 73.8 Å². The lowest BCUT2D eigenvalue weighted by molar-refractivity contribution is -0.157. The minimum absolute atomic E-state index is 0.0220. The molecule has 13 atom stereocenters. The first-order valence-electron chi connectivity index (χ1n) is 27.0. The average molecular weight is 1160 g/mol. The second-order valence-electron chi connectivity index (χ2n) is 21.8. The van der Waals surface area contributed by atoms with Crippen molar-refractivity contribution in [3.05, 3.63) is 95.6 Å². The quantitative estimate of drug-likeness (QED) is 0.0650. The van der Waals surface area contributed by atoms with E-state index in [-0.39, 0.29) is 30.3 Å². The molecule has 0 saturated carbocycles. The third kappa shape index (κ3) is 18.0. The van der Waals surface area contributed by atoms with Crippen LogP contribution in [0.2, 0.25) is 0 Å². The van der Waals surface area contributed by atoms with Crippen LogP contribution in [0.4, 0.5) is 4.79 Å². The number of benzene rings is 3. The van der Waals surface area contributed by atoms with Gasteiger partial charge >= 0.3 is 12.1 Å². The van der Waals surface area contributed by atoms with Gasteiger partial charge in [-0.3, -0.25) is 33.6 Å². The number of primary amides is 1. The molecule has 3 aliphatic rings. The number of nitrogens with zero attached hydrogens (tertiary/aromatic N) is 2. The normalized spacial score (nSPS) is 26.1. The highest BCUT2D eigenvalue weighted by Crippen LogP contribution is 2.31. The van der Waals surface area contributed by atoms with E-state index in [1.807, 2.05) is 18.2 Å². The molecule has 3 aliphatic heterocycles. The van der Waals surface area contributed by atoms with Gasteiger partial charge in [-0.25, -0.2) is 9.59 Å². The van der Waals surface area contributed by atoms with Crippen LogP contribution in [0.5, 0.6) is 11.5 Å². The van der Waals surface area contributed by atoms with Gasteiger partial charge in [0, 0.05) is 44.8 Å². The van der Waals surface area contributed by atoms with Crippen LogP contribution in [-0.4, -0.2) is 199 Å². The van der Waals surface area contributed by atoms with Crippen LogP contribution < -0.4 is 41.8 Å². The van der Waals surface area contributed by atoms with Crippen molar-refractivity contribution in [3.8, 4) is 11.5 Å². The molecule has 83 heavy (non-hydrogen) atoms. The first-order chi connectivity index (χ1) is 39.2. The summed E-state index contributed by atoms with van der Waals surface area (Å²) in [6.07, 6.45) is -14.6. The Balaban J connectivity index is 1.39. The van der Waals surface area contributed by atoms with E-state index in [0.717, 1.165) is 22.3 Å². The topological polar surface area (TPSA) is 405 Å². The Morgan fingerprint density at radius 2 is 1.31 bits per heavy atom. The van der Waals surface area contributed by atoms with Gasteiger partial charge in [0.05, 0.1) is 43.0 Å². The smallest absolute Gasteiger partial charge is 0.408 e. The van der Waals surface area contributed by atoms with E-state index >= 15 is 0 Å². The lowest BCUT2D eigenvalue weighted by Crippen LogP contribution is -2.64. The van der Waals surface area contributed by atoms with Crippen molar-refractivity contribution < 1.29 is 92.7 Å². The zero-order valence-corrected chi connectivity index (χ0v) is 46.5. The number of ether oxygens (including phenoxy) is 4. The average Bonchev–Trinajstić information content (AvgIpc) is 4.24. The maximum Gasteiger partial charge on any atom is 0.408 e. The summed E-state index contributed by atoms with van der Waals surface area (Å²) in [4.78, 5) is 127. The zero-order valence-electron chi connectivity index (χ0n) is 46.5. The summed E-state index contributed by atoms with van der Waals surface area (Å²) < 4.78 is 22.6. The van der Waals surface area contributed by atoms with Crippen molar-refractivity contribution in [2.45, 2.75) is 152 Å².